The van der Waals surface area contributed by atoms with Crippen LogP contribution >= 0.6 is 0 Å². The molecule has 0 saturated heterocycles. The number of nitrogens with one attached hydrogen (secondary N) is 2. The number of anilines is 2. The van der Waals surface area contributed by atoms with E-state index in [1.54, 1.807) is 48.5 Å². The molecule has 0 aliphatic heterocycles. The Balaban J connectivity index is 1.53. The molecule has 0 aromatic heterocycles. The second-order valence-corrected chi connectivity index (χ2v) is 6.24. The van der Waals surface area contributed by atoms with Crippen LogP contribution in [0.4, 0.5) is 11.4 Å². The minimum absolute atomic E-state index is 0.00605. The van der Waals surface area contributed by atoms with E-state index in [0.29, 0.717) is 16.9 Å². The van der Waals surface area contributed by atoms with E-state index >= 15 is 0 Å². The van der Waals surface area contributed by atoms with Crippen LogP contribution in [0.15, 0.2) is 54.6 Å². The van der Waals surface area contributed by atoms with Crippen molar-refractivity contribution >= 4 is 29.2 Å². The molecule has 134 valence electrons. The lowest BCUT2D eigenvalue weighted by Gasteiger charge is -2.13. The standard InChI is InChI=1S/C20H20N2O4/c1-13(18(23)21-16-5-3-2-4-6-16)26-20(25)15-9-11-17(12-10-15)22-19(24)14-7-8-14/h2-6,9-14H,7-8H2,1H3,(H,21,23)(H,22,24). The maximum atomic E-state index is 12.2. The van der Waals surface area contributed by atoms with Crippen molar-refractivity contribution in [2.45, 2.75) is 25.9 Å². The van der Waals surface area contributed by atoms with Gasteiger partial charge >= 0.3 is 5.97 Å². The Morgan fingerprint density at radius 1 is 0.923 bits per heavy atom. The molecule has 2 aromatic carbocycles. The normalized spacial score (nSPS) is 14.2. The first-order chi connectivity index (χ1) is 12.5. The van der Waals surface area contributed by atoms with E-state index in [1.807, 2.05) is 6.07 Å². The number of carbonyl (C=O) groups excluding carboxylic acids is 3. The molecule has 1 aliphatic carbocycles. The molecule has 2 aromatic rings. The molecule has 2 amide bonds. The summed E-state index contributed by atoms with van der Waals surface area (Å²) in [7, 11) is 0. The van der Waals surface area contributed by atoms with Crippen molar-refractivity contribution in [1.82, 2.24) is 0 Å². The summed E-state index contributed by atoms with van der Waals surface area (Å²) in [4.78, 5) is 36.0. The maximum absolute atomic E-state index is 12.2. The van der Waals surface area contributed by atoms with Crippen molar-refractivity contribution in [1.29, 1.82) is 0 Å². The molecule has 0 heterocycles. The first kappa shape index (κ1) is 17.7. The molecule has 0 radical (unpaired) electrons. The summed E-state index contributed by atoms with van der Waals surface area (Å²) in [5, 5.41) is 5.48. The molecule has 2 N–H and O–H groups in total. The Labute approximate surface area is 151 Å². The van der Waals surface area contributed by atoms with Crippen LogP contribution < -0.4 is 10.6 Å². The zero-order chi connectivity index (χ0) is 18.5. The van der Waals surface area contributed by atoms with Gasteiger partial charge in [0.15, 0.2) is 6.10 Å². The Hall–Kier alpha value is -3.15. The topological polar surface area (TPSA) is 84.5 Å². The highest BCUT2D eigenvalue weighted by atomic mass is 16.5. The van der Waals surface area contributed by atoms with Crippen molar-refractivity contribution in [2.75, 3.05) is 10.6 Å². The van der Waals surface area contributed by atoms with Crippen LogP contribution in [-0.2, 0) is 14.3 Å². The van der Waals surface area contributed by atoms with E-state index in [9.17, 15) is 14.4 Å². The Morgan fingerprint density at radius 3 is 2.15 bits per heavy atom. The molecule has 0 spiro atoms. The number of para-hydroxylation sites is 1. The van der Waals surface area contributed by atoms with Crippen molar-refractivity contribution < 1.29 is 19.1 Å². The van der Waals surface area contributed by atoms with Crippen LogP contribution in [0.2, 0.25) is 0 Å². The molecule has 1 unspecified atom stereocenters. The van der Waals surface area contributed by atoms with Crippen molar-refractivity contribution in [3.05, 3.63) is 60.2 Å². The SMILES string of the molecule is CC(OC(=O)c1ccc(NC(=O)C2CC2)cc1)C(=O)Nc1ccccc1. The van der Waals surface area contributed by atoms with E-state index in [-0.39, 0.29) is 11.8 Å². The fraction of sp³-hybridized carbons (Fsp3) is 0.250. The maximum Gasteiger partial charge on any atom is 0.338 e. The third kappa shape index (κ3) is 4.69. The number of hydrogen-bond donors (Lipinski definition) is 2. The van der Waals surface area contributed by atoms with E-state index in [4.69, 9.17) is 4.74 Å². The number of hydrogen-bond acceptors (Lipinski definition) is 4. The van der Waals surface area contributed by atoms with Gasteiger partial charge in [0.1, 0.15) is 0 Å². The number of benzene rings is 2. The van der Waals surface area contributed by atoms with Gasteiger partial charge < -0.3 is 15.4 Å². The smallest absolute Gasteiger partial charge is 0.338 e. The van der Waals surface area contributed by atoms with Crippen molar-refractivity contribution in [3.63, 3.8) is 0 Å². The third-order valence-electron chi connectivity index (χ3n) is 4.03. The fourth-order valence-electron chi connectivity index (χ4n) is 2.33. The fourth-order valence-corrected chi connectivity index (χ4v) is 2.33. The summed E-state index contributed by atoms with van der Waals surface area (Å²) in [6.07, 6.45) is 0.926. The van der Waals surface area contributed by atoms with Crippen LogP contribution in [-0.4, -0.2) is 23.9 Å². The molecule has 1 aliphatic rings. The zero-order valence-corrected chi connectivity index (χ0v) is 14.4. The molecular formula is C20H20N2O4. The highest BCUT2D eigenvalue weighted by molar-refractivity contribution is 5.98. The van der Waals surface area contributed by atoms with Gasteiger partial charge in [-0.05, 0) is 56.2 Å². The summed E-state index contributed by atoms with van der Waals surface area (Å²) in [6.45, 7) is 1.51. The summed E-state index contributed by atoms with van der Waals surface area (Å²) >= 11 is 0. The lowest BCUT2D eigenvalue weighted by molar-refractivity contribution is -0.123. The number of esters is 1. The van der Waals surface area contributed by atoms with E-state index in [1.165, 1.54) is 6.92 Å². The summed E-state index contributed by atoms with van der Waals surface area (Å²) < 4.78 is 5.20. The van der Waals surface area contributed by atoms with Gasteiger partial charge in [0.2, 0.25) is 5.91 Å². The van der Waals surface area contributed by atoms with Crippen LogP contribution in [0.3, 0.4) is 0 Å². The summed E-state index contributed by atoms with van der Waals surface area (Å²) in [5.41, 5.74) is 1.58. The van der Waals surface area contributed by atoms with Gasteiger partial charge in [0.05, 0.1) is 5.56 Å². The molecule has 6 heteroatoms. The predicted molar refractivity (Wildman–Crippen MR) is 97.7 cm³/mol. The van der Waals surface area contributed by atoms with Crippen LogP contribution in [0.1, 0.15) is 30.1 Å². The molecule has 1 fully saturated rings. The largest absolute Gasteiger partial charge is 0.449 e. The van der Waals surface area contributed by atoms with Gasteiger partial charge in [0, 0.05) is 17.3 Å². The average Bonchev–Trinajstić information content (AvgIpc) is 3.48. The quantitative estimate of drug-likeness (QED) is 0.782. The molecule has 1 atom stereocenters. The number of rotatable bonds is 6. The van der Waals surface area contributed by atoms with Gasteiger partial charge in [-0.25, -0.2) is 4.79 Å². The second kappa shape index (κ2) is 7.82. The lowest BCUT2D eigenvalue weighted by Crippen LogP contribution is -2.30. The van der Waals surface area contributed by atoms with Gasteiger partial charge in [-0.2, -0.15) is 0 Å². The zero-order valence-electron chi connectivity index (χ0n) is 14.4. The van der Waals surface area contributed by atoms with Gasteiger partial charge in [-0.1, -0.05) is 18.2 Å². The van der Waals surface area contributed by atoms with E-state index in [2.05, 4.69) is 10.6 Å². The van der Waals surface area contributed by atoms with Crippen LogP contribution in [0.5, 0.6) is 0 Å². The number of ether oxygens (including phenoxy) is 1. The third-order valence-corrected chi connectivity index (χ3v) is 4.03. The highest BCUT2D eigenvalue weighted by Gasteiger charge is 2.29. The van der Waals surface area contributed by atoms with Gasteiger partial charge in [-0.15, -0.1) is 0 Å². The molecule has 26 heavy (non-hydrogen) atoms. The average molecular weight is 352 g/mol. The lowest BCUT2D eigenvalue weighted by atomic mass is 10.2. The molecule has 0 bridgehead atoms. The Kier molecular flexibility index (Phi) is 5.31. The van der Waals surface area contributed by atoms with Crippen LogP contribution in [0.25, 0.3) is 0 Å². The predicted octanol–water partition coefficient (Wildman–Crippen LogP) is 3.22. The van der Waals surface area contributed by atoms with Gasteiger partial charge in [0.25, 0.3) is 5.91 Å². The minimum atomic E-state index is -0.933. The molecular weight excluding hydrogens is 332 g/mol. The monoisotopic (exact) mass is 352 g/mol. The minimum Gasteiger partial charge on any atom is -0.449 e. The van der Waals surface area contributed by atoms with Crippen molar-refractivity contribution in [2.24, 2.45) is 5.92 Å². The summed E-state index contributed by atoms with van der Waals surface area (Å²) in [5.74, 6) is -0.881. The Bertz CT molecular complexity index is 798. The van der Waals surface area contributed by atoms with Gasteiger partial charge in [-0.3, -0.25) is 9.59 Å². The first-order valence-electron chi connectivity index (χ1n) is 8.51. The van der Waals surface area contributed by atoms with E-state index in [0.717, 1.165) is 12.8 Å². The number of carbonyl (C=O) groups is 3. The van der Waals surface area contributed by atoms with Crippen LogP contribution in [0, 0.1) is 5.92 Å². The second-order valence-electron chi connectivity index (χ2n) is 6.24. The number of amides is 2. The highest BCUT2D eigenvalue weighted by Crippen LogP contribution is 2.30. The van der Waals surface area contributed by atoms with E-state index < -0.39 is 18.0 Å². The van der Waals surface area contributed by atoms with Crippen molar-refractivity contribution in [3.8, 4) is 0 Å². The first-order valence-corrected chi connectivity index (χ1v) is 8.51. The molecule has 3 rings (SSSR count). The molecule has 1 saturated carbocycles. The Morgan fingerprint density at radius 2 is 1.54 bits per heavy atom. The summed E-state index contributed by atoms with van der Waals surface area (Å²) in [6, 6.07) is 15.4. The molecule has 6 nitrogen and oxygen atoms in total.